The molecule has 0 saturated heterocycles. The van der Waals surface area contributed by atoms with Crippen LogP contribution in [0.15, 0.2) is 47.6 Å². The Morgan fingerprint density at radius 2 is 1.55 bits per heavy atom. The highest BCUT2D eigenvalue weighted by Crippen LogP contribution is 2.30. The molecule has 0 aliphatic rings. The third kappa shape index (κ3) is 9.87. The van der Waals surface area contributed by atoms with Crippen molar-refractivity contribution in [3.05, 3.63) is 71.4 Å². The molecule has 0 aliphatic heterocycles. The Morgan fingerprint density at radius 3 is 2.07 bits per heavy atom. The number of hydrazine groups is 1. The number of amides is 1. The standard InChI is InChI=1S/C26H27F4N5O6S/c1-14(13-42(5,37)38)32-22(34-35-25(36)41-26(2,3)4)17-12-31-24(40-21-9-7-16(28)11-19(21)30)33-23(17)39-20-8-6-15(27)10-18(20)29/h6-12,14H,13H2,1-5H3,(H,32,34)(H,35,36)/t14-/m1/s1. The lowest BCUT2D eigenvalue weighted by Crippen LogP contribution is -2.45. The molecule has 2 aromatic carbocycles. The van der Waals surface area contributed by atoms with Crippen LogP contribution in [0.3, 0.4) is 0 Å². The first-order valence-electron chi connectivity index (χ1n) is 12.1. The number of carbonyl (C=O) groups excluding carboxylic acids is 1. The van der Waals surface area contributed by atoms with Crippen LogP contribution in [0.2, 0.25) is 0 Å². The molecular formula is C26H27F4N5O6S. The van der Waals surface area contributed by atoms with E-state index < -0.39 is 80.0 Å². The molecule has 0 saturated carbocycles. The first-order valence-corrected chi connectivity index (χ1v) is 14.2. The summed E-state index contributed by atoms with van der Waals surface area (Å²) in [6.45, 7) is 6.33. The normalized spacial score (nSPS) is 12.8. The molecule has 1 aromatic heterocycles. The molecule has 0 unspecified atom stereocenters. The maximum absolute atomic E-state index is 14.5. The summed E-state index contributed by atoms with van der Waals surface area (Å²) >= 11 is 0. The Bertz CT molecular complexity index is 1600. The van der Waals surface area contributed by atoms with Crippen LogP contribution in [0.4, 0.5) is 22.4 Å². The molecule has 1 atom stereocenters. The molecule has 0 bridgehead atoms. The van der Waals surface area contributed by atoms with E-state index in [2.05, 4.69) is 25.8 Å². The number of aliphatic imine (C=N–C) groups is 1. The molecule has 1 amide bonds. The fourth-order valence-corrected chi connectivity index (χ4v) is 4.19. The summed E-state index contributed by atoms with van der Waals surface area (Å²) in [6.07, 6.45) is 1.10. The minimum absolute atomic E-state index is 0.165. The predicted molar refractivity (Wildman–Crippen MR) is 143 cm³/mol. The van der Waals surface area contributed by atoms with Gasteiger partial charge in [-0.05, 0) is 52.0 Å². The van der Waals surface area contributed by atoms with Gasteiger partial charge in [-0.15, -0.1) is 0 Å². The molecule has 0 fully saturated rings. The third-order valence-corrected chi connectivity index (χ3v) is 5.85. The zero-order valence-electron chi connectivity index (χ0n) is 23.0. The quantitative estimate of drug-likeness (QED) is 0.158. The summed E-state index contributed by atoms with van der Waals surface area (Å²) in [4.78, 5) is 24.6. The lowest BCUT2D eigenvalue weighted by molar-refractivity contribution is 0.0513. The highest BCUT2D eigenvalue weighted by molar-refractivity contribution is 7.90. The summed E-state index contributed by atoms with van der Waals surface area (Å²) in [5, 5.41) is 0. The number of sulfone groups is 1. The van der Waals surface area contributed by atoms with Gasteiger partial charge in [0.1, 0.15) is 27.1 Å². The van der Waals surface area contributed by atoms with Crippen molar-refractivity contribution in [3.63, 3.8) is 0 Å². The van der Waals surface area contributed by atoms with E-state index in [1.165, 1.54) is 6.92 Å². The van der Waals surface area contributed by atoms with Crippen LogP contribution >= 0.6 is 0 Å². The average Bonchev–Trinajstić information content (AvgIpc) is 2.83. The minimum atomic E-state index is -3.50. The fraction of sp³-hybridized carbons (Fsp3) is 0.308. The summed E-state index contributed by atoms with van der Waals surface area (Å²) in [6, 6.07) is 3.46. The number of amidine groups is 1. The van der Waals surface area contributed by atoms with E-state index in [0.29, 0.717) is 12.1 Å². The van der Waals surface area contributed by atoms with Crippen LogP contribution in [0, 0.1) is 23.3 Å². The monoisotopic (exact) mass is 613 g/mol. The van der Waals surface area contributed by atoms with E-state index in [0.717, 1.165) is 36.7 Å². The number of aromatic nitrogens is 2. The molecule has 1 heterocycles. The number of rotatable bonds is 8. The molecule has 226 valence electrons. The zero-order valence-corrected chi connectivity index (χ0v) is 23.9. The number of nitrogens with one attached hydrogen (secondary N) is 2. The summed E-state index contributed by atoms with van der Waals surface area (Å²) < 4.78 is 95.3. The molecule has 16 heteroatoms. The van der Waals surface area contributed by atoms with E-state index >= 15 is 0 Å². The van der Waals surface area contributed by atoms with Gasteiger partial charge in [0.05, 0.1) is 17.4 Å². The van der Waals surface area contributed by atoms with Crippen molar-refractivity contribution in [2.45, 2.75) is 39.3 Å². The lowest BCUT2D eigenvalue weighted by atomic mass is 10.2. The summed E-state index contributed by atoms with van der Waals surface area (Å²) in [5.41, 5.74) is 3.68. The van der Waals surface area contributed by atoms with Crippen LogP contribution in [0.5, 0.6) is 23.4 Å². The Morgan fingerprint density at radius 1 is 0.976 bits per heavy atom. The second-order valence-electron chi connectivity index (χ2n) is 9.90. The van der Waals surface area contributed by atoms with Crippen molar-refractivity contribution >= 4 is 21.8 Å². The number of ether oxygens (including phenoxy) is 3. The first kappa shape index (κ1) is 32.0. The van der Waals surface area contributed by atoms with Crippen molar-refractivity contribution in [1.82, 2.24) is 20.8 Å². The molecule has 3 rings (SSSR count). The summed E-state index contributed by atoms with van der Waals surface area (Å²) in [7, 11) is -3.50. The highest BCUT2D eigenvalue weighted by Gasteiger charge is 2.22. The van der Waals surface area contributed by atoms with Crippen molar-refractivity contribution < 1.29 is 45.0 Å². The molecule has 0 spiro atoms. The van der Waals surface area contributed by atoms with Gasteiger partial charge in [-0.2, -0.15) is 4.98 Å². The Labute approximate surface area is 238 Å². The van der Waals surface area contributed by atoms with E-state index in [-0.39, 0.29) is 11.4 Å². The average molecular weight is 614 g/mol. The van der Waals surface area contributed by atoms with Gasteiger partial charge in [0.2, 0.25) is 5.88 Å². The maximum Gasteiger partial charge on any atom is 0.426 e. The van der Waals surface area contributed by atoms with Crippen molar-refractivity contribution in [1.29, 1.82) is 0 Å². The van der Waals surface area contributed by atoms with Gasteiger partial charge < -0.3 is 14.2 Å². The van der Waals surface area contributed by atoms with Crippen molar-refractivity contribution in [2.75, 3.05) is 12.0 Å². The Hall–Kier alpha value is -4.47. The van der Waals surface area contributed by atoms with Gasteiger partial charge in [0, 0.05) is 24.6 Å². The fourth-order valence-electron chi connectivity index (χ4n) is 3.24. The number of hydrogen-bond donors (Lipinski definition) is 2. The number of carbonyl (C=O) groups is 1. The zero-order chi connectivity index (χ0) is 31.2. The SMILES string of the molecule is C[C@H](CS(C)(=O)=O)N=C(NNC(=O)OC(C)(C)C)c1cnc(Oc2ccc(F)cc2F)nc1Oc1ccc(F)cc1F. The van der Waals surface area contributed by atoms with Gasteiger partial charge in [-0.1, -0.05) is 0 Å². The van der Waals surface area contributed by atoms with Crippen molar-refractivity contribution in [3.8, 4) is 23.4 Å². The smallest absolute Gasteiger partial charge is 0.426 e. The van der Waals surface area contributed by atoms with Crippen LogP contribution in [-0.2, 0) is 14.6 Å². The van der Waals surface area contributed by atoms with Gasteiger partial charge in [0.25, 0.3) is 0 Å². The molecule has 42 heavy (non-hydrogen) atoms. The topological polar surface area (TPSA) is 141 Å². The molecule has 2 N–H and O–H groups in total. The van der Waals surface area contributed by atoms with Crippen LogP contribution in [-0.4, -0.2) is 54.0 Å². The Balaban J connectivity index is 2.09. The van der Waals surface area contributed by atoms with E-state index in [9.17, 15) is 30.8 Å². The van der Waals surface area contributed by atoms with Crippen LogP contribution in [0.1, 0.15) is 33.3 Å². The van der Waals surface area contributed by atoms with Gasteiger partial charge in [-0.3, -0.25) is 10.4 Å². The predicted octanol–water partition coefficient (Wildman–Crippen LogP) is 4.83. The van der Waals surface area contributed by atoms with Crippen LogP contribution in [0.25, 0.3) is 0 Å². The largest absolute Gasteiger partial charge is 0.443 e. The number of nitrogens with zero attached hydrogens (tertiary/aromatic N) is 3. The van der Waals surface area contributed by atoms with Gasteiger partial charge in [-0.25, -0.2) is 41.2 Å². The molecule has 11 nitrogen and oxygen atoms in total. The number of halogens is 4. The second kappa shape index (κ2) is 13.0. The molecular weight excluding hydrogens is 586 g/mol. The first-order chi connectivity index (χ1) is 19.5. The third-order valence-electron chi connectivity index (χ3n) is 4.76. The second-order valence-corrected chi connectivity index (χ2v) is 12.1. The van der Waals surface area contributed by atoms with E-state index in [1.807, 2.05) is 0 Å². The highest BCUT2D eigenvalue weighted by atomic mass is 32.2. The maximum atomic E-state index is 14.5. The minimum Gasteiger partial charge on any atom is -0.443 e. The molecule has 3 aromatic rings. The van der Waals surface area contributed by atoms with Crippen molar-refractivity contribution in [2.24, 2.45) is 4.99 Å². The van der Waals surface area contributed by atoms with Crippen LogP contribution < -0.4 is 20.3 Å². The lowest BCUT2D eigenvalue weighted by Gasteiger charge is -2.21. The van der Waals surface area contributed by atoms with E-state index in [4.69, 9.17) is 14.2 Å². The molecule has 0 aliphatic carbocycles. The van der Waals surface area contributed by atoms with E-state index in [1.54, 1.807) is 20.8 Å². The van der Waals surface area contributed by atoms with Gasteiger partial charge >= 0.3 is 12.1 Å². The molecule has 0 radical (unpaired) electrons. The Kier molecular flexibility index (Phi) is 9.93. The number of benzene rings is 2. The number of hydrogen-bond acceptors (Lipinski definition) is 9. The summed E-state index contributed by atoms with van der Waals surface area (Å²) in [5.74, 6) is -6.05. The van der Waals surface area contributed by atoms with Gasteiger partial charge in [0.15, 0.2) is 29.0 Å².